The normalized spacial score (nSPS) is 10.2. The van der Waals surface area contributed by atoms with Crippen LogP contribution in [0.25, 0.3) is 0 Å². The molecule has 0 bridgehead atoms. The molecule has 1 aromatic rings. The summed E-state index contributed by atoms with van der Waals surface area (Å²) in [5.41, 5.74) is 4.31. The molecular formula is C8H7F2N3O. The van der Waals surface area contributed by atoms with Crippen LogP contribution in [0.4, 0.5) is 8.78 Å². The standard InChI is InChI=1S/C8H7F2N3O/c9-8(10)5-3-13-6(2-12)7(14)4(5)1-11/h3,8,14H,1,11H2. The molecule has 0 unspecified atom stereocenters. The second-order valence-corrected chi connectivity index (χ2v) is 2.51. The van der Waals surface area contributed by atoms with Gasteiger partial charge in [-0.25, -0.2) is 13.8 Å². The van der Waals surface area contributed by atoms with E-state index < -0.39 is 17.7 Å². The minimum Gasteiger partial charge on any atom is -0.505 e. The summed E-state index contributed by atoms with van der Waals surface area (Å²) in [5.74, 6) is -0.562. The minimum absolute atomic E-state index is 0.133. The van der Waals surface area contributed by atoms with E-state index in [-0.39, 0.29) is 17.8 Å². The van der Waals surface area contributed by atoms with E-state index in [1.165, 1.54) is 0 Å². The Morgan fingerprint density at radius 3 is 2.71 bits per heavy atom. The summed E-state index contributed by atoms with van der Waals surface area (Å²) in [4.78, 5) is 3.38. The summed E-state index contributed by atoms with van der Waals surface area (Å²) < 4.78 is 24.7. The Morgan fingerprint density at radius 2 is 2.29 bits per heavy atom. The minimum atomic E-state index is -2.76. The first kappa shape index (κ1) is 10.3. The van der Waals surface area contributed by atoms with Crippen LogP contribution >= 0.6 is 0 Å². The molecule has 1 aromatic heterocycles. The van der Waals surface area contributed by atoms with Crippen LogP contribution in [0, 0.1) is 11.3 Å². The smallest absolute Gasteiger partial charge is 0.265 e. The van der Waals surface area contributed by atoms with Crippen molar-refractivity contribution in [2.75, 3.05) is 0 Å². The van der Waals surface area contributed by atoms with Gasteiger partial charge in [0.1, 0.15) is 6.07 Å². The van der Waals surface area contributed by atoms with Gasteiger partial charge in [-0.15, -0.1) is 0 Å². The van der Waals surface area contributed by atoms with Crippen LogP contribution in [0.15, 0.2) is 6.20 Å². The fourth-order valence-corrected chi connectivity index (χ4v) is 1.04. The lowest BCUT2D eigenvalue weighted by molar-refractivity contribution is 0.149. The molecule has 0 aliphatic carbocycles. The van der Waals surface area contributed by atoms with Crippen LogP contribution in [-0.2, 0) is 6.54 Å². The number of aromatic hydroxyl groups is 1. The maximum absolute atomic E-state index is 12.3. The summed E-state index contributed by atoms with van der Waals surface area (Å²) in [6, 6.07) is 1.57. The Hall–Kier alpha value is -1.74. The SMILES string of the molecule is N#Cc1ncc(C(F)F)c(CN)c1O. The third-order valence-electron chi connectivity index (χ3n) is 1.74. The van der Waals surface area contributed by atoms with E-state index in [4.69, 9.17) is 11.0 Å². The lowest BCUT2D eigenvalue weighted by atomic mass is 10.1. The molecule has 0 aliphatic heterocycles. The number of aromatic nitrogens is 1. The topological polar surface area (TPSA) is 82.9 Å². The quantitative estimate of drug-likeness (QED) is 0.745. The van der Waals surface area contributed by atoms with Gasteiger partial charge in [0.2, 0.25) is 0 Å². The molecule has 0 aliphatic rings. The number of nitrogens with two attached hydrogens (primary N) is 1. The number of hydrogen-bond acceptors (Lipinski definition) is 4. The van der Waals surface area contributed by atoms with Crippen molar-refractivity contribution in [1.82, 2.24) is 4.98 Å². The summed E-state index contributed by atoms with van der Waals surface area (Å²) in [6.07, 6.45) is -1.91. The second kappa shape index (κ2) is 3.98. The Morgan fingerprint density at radius 1 is 1.64 bits per heavy atom. The van der Waals surface area contributed by atoms with Crippen molar-refractivity contribution in [3.8, 4) is 11.8 Å². The van der Waals surface area contributed by atoms with Crippen molar-refractivity contribution in [3.05, 3.63) is 23.0 Å². The van der Waals surface area contributed by atoms with Gasteiger partial charge in [0, 0.05) is 23.9 Å². The van der Waals surface area contributed by atoms with E-state index in [9.17, 15) is 13.9 Å². The van der Waals surface area contributed by atoms with Crippen molar-refractivity contribution in [1.29, 1.82) is 5.26 Å². The summed E-state index contributed by atoms with van der Waals surface area (Å²) in [6.45, 7) is -0.261. The monoisotopic (exact) mass is 199 g/mol. The van der Waals surface area contributed by atoms with Gasteiger partial charge in [0.15, 0.2) is 11.4 Å². The zero-order valence-electron chi connectivity index (χ0n) is 7.04. The van der Waals surface area contributed by atoms with Crippen molar-refractivity contribution in [3.63, 3.8) is 0 Å². The first-order chi connectivity index (χ1) is 6.61. The average Bonchev–Trinajstić information content (AvgIpc) is 2.17. The fraction of sp³-hybridized carbons (Fsp3) is 0.250. The highest BCUT2D eigenvalue weighted by molar-refractivity contribution is 5.46. The van der Waals surface area contributed by atoms with Gasteiger partial charge in [-0.1, -0.05) is 0 Å². The van der Waals surface area contributed by atoms with Crippen molar-refractivity contribution < 1.29 is 13.9 Å². The lowest BCUT2D eigenvalue weighted by Gasteiger charge is -2.08. The van der Waals surface area contributed by atoms with E-state index >= 15 is 0 Å². The summed E-state index contributed by atoms with van der Waals surface area (Å²) in [5, 5.41) is 17.8. The van der Waals surface area contributed by atoms with E-state index in [1.807, 2.05) is 0 Å². The number of pyridine rings is 1. The van der Waals surface area contributed by atoms with E-state index in [0.29, 0.717) is 0 Å². The van der Waals surface area contributed by atoms with Gasteiger partial charge in [0.25, 0.3) is 6.43 Å². The molecule has 1 rings (SSSR count). The van der Waals surface area contributed by atoms with Crippen LogP contribution in [0.1, 0.15) is 23.2 Å². The van der Waals surface area contributed by atoms with Crippen molar-refractivity contribution >= 4 is 0 Å². The Kier molecular flexibility index (Phi) is 2.94. The van der Waals surface area contributed by atoms with Crippen LogP contribution in [-0.4, -0.2) is 10.1 Å². The lowest BCUT2D eigenvalue weighted by Crippen LogP contribution is -2.05. The number of halogens is 2. The van der Waals surface area contributed by atoms with Gasteiger partial charge in [0.05, 0.1) is 0 Å². The highest BCUT2D eigenvalue weighted by Gasteiger charge is 2.18. The zero-order valence-corrected chi connectivity index (χ0v) is 7.04. The molecule has 6 heteroatoms. The molecule has 1 heterocycles. The molecule has 0 amide bonds. The molecular weight excluding hydrogens is 192 g/mol. The fourth-order valence-electron chi connectivity index (χ4n) is 1.04. The van der Waals surface area contributed by atoms with E-state index in [0.717, 1.165) is 6.20 Å². The van der Waals surface area contributed by atoms with Gasteiger partial charge in [-0.05, 0) is 0 Å². The van der Waals surface area contributed by atoms with Crippen LogP contribution < -0.4 is 5.73 Å². The highest BCUT2D eigenvalue weighted by atomic mass is 19.3. The van der Waals surface area contributed by atoms with E-state index in [2.05, 4.69) is 4.98 Å². The first-order valence-corrected chi connectivity index (χ1v) is 3.70. The van der Waals surface area contributed by atoms with Crippen LogP contribution in [0.2, 0.25) is 0 Å². The van der Waals surface area contributed by atoms with E-state index in [1.54, 1.807) is 6.07 Å². The predicted octanol–water partition coefficient (Wildman–Crippen LogP) is 1.06. The van der Waals surface area contributed by atoms with Crippen molar-refractivity contribution in [2.45, 2.75) is 13.0 Å². The van der Waals surface area contributed by atoms with Crippen LogP contribution in [0.3, 0.4) is 0 Å². The van der Waals surface area contributed by atoms with Gasteiger partial charge < -0.3 is 10.8 Å². The molecule has 0 fully saturated rings. The molecule has 0 saturated heterocycles. The number of nitrogens with zero attached hydrogens (tertiary/aromatic N) is 2. The molecule has 0 saturated carbocycles. The third kappa shape index (κ3) is 1.63. The zero-order chi connectivity index (χ0) is 10.7. The first-order valence-electron chi connectivity index (χ1n) is 3.70. The largest absolute Gasteiger partial charge is 0.505 e. The van der Waals surface area contributed by atoms with Gasteiger partial charge in [-0.3, -0.25) is 0 Å². The number of hydrogen-bond donors (Lipinski definition) is 2. The van der Waals surface area contributed by atoms with Gasteiger partial charge in [-0.2, -0.15) is 5.26 Å². The Labute approximate surface area is 78.6 Å². The summed E-state index contributed by atoms with van der Waals surface area (Å²) in [7, 11) is 0. The Balaban J connectivity index is 3.38. The summed E-state index contributed by atoms with van der Waals surface area (Å²) >= 11 is 0. The maximum Gasteiger partial charge on any atom is 0.265 e. The van der Waals surface area contributed by atoms with Gasteiger partial charge >= 0.3 is 0 Å². The number of nitriles is 1. The molecule has 74 valence electrons. The van der Waals surface area contributed by atoms with Crippen molar-refractivity contribution in [2.24, 2.45) is 5.73 Å². The number of alkyl halides is 2. The Bertz CT molecular complexity index is 387. The molecule has 14 heavy (non-hydrogen) atoms. The molecule has 0 spiro atoms. The highest BCUT2D eigenvalue weighted by Crippen LogP contribution is 2.29. The third-order valence-corrected chi connectivity index (χ3v) is 1.74. The second-order valence-electron chi connectivity index (χ2n) is 2.51. The average molecular weight is 199 g/mol. The molecule has 0 aromatic carbocycles. The molecule has 3 N–H and O–H groups in total. The molecule has 0 radical (unpaired) electrons. The number of rotatable bonds is 2. The maximum atomic E-state index is 12.3. The predicted molar refractivity (Wildman–Crippen MR) is 43.5 cm³/mol. The van der Waals surface area contributed by atoms with Crippen LogP contribution in [0.5, 0.6) is 5.75 Å². The molecule has 0 atom stereocenters. The molecule has 4 nitrogen and oxygen atoms in total.